The zero-order valence-electron chi connectivity index (χ0n) is 43.3. The topological polar surface area (TPSA) is 120 Å². The summed E-state index contributed by atoms with van der Waals surface area (Å²) in [6.45, 7) is 12.5. The number of morpholine rings is 2. The summed E-state index contributed by atoms with van der Waals surface area (Å²) >= 11 is 0. The maximum absolute atomic E-state index is 13.7. The van der Waals surface area contributed by atoms with Crippen LogP contribution in [-0.2, 0) is 31.9 Å². The molecular weight excluding hydrogens is 929 g/mol. The first-order valence-electron chi connectivity index (χ1n) is 26.5. The first-order chi connectivity index (χ1) is 36.2. The number of aryl methyl sites for hydroxylation is 4. The summed E-state index contributed by atoms with van der Waals surface area (Å²) in [7, 11) is 3.35. The predicted molar refractivity (Wildman–Crippen MR) is 289 cm³/mol. The van der Waals surface area contributed by atoms with Crippen molar-refractivity contribution in [3.8, 4) is 22.9 Å². The minimum atomic E-state index is 0.159. The second-order valence-electron chi connectivity index (χ2n) is 20.3. The van der Waals surface area contributed by atoms with Gasteiger partial charge in [0, 0.05) is 74.2 Å². The van der Waals surface area contributed by atoms with Gasteiger partial charge in [0.05, 0.1) is 88.1 Å². The van der Waals surface area contributed by atoms with Crippen LogP contribution in [0.3, 0.4) is 0 Å². The molecule has 2 atom stereocenters. The summed E-state index contributed by atoms with van der Waals surface area (Å²) in [6.07, 6.45) is 19.2. The van der Waals surface area contributed by atoms with E-state index in [2.05, 4.69) is 66.0 Å². The van der Waals surface area contributed by atoms with E-state index < -0.39 is 0 Å². The number of nitrogens with zero attached hydrogens (tertiary/aromatic N) is 8. The van der Waals surface area contributed by atoms with Crippen molar-refractivity contribution >= 4 is 35.3 Å². The SMILES string of the molecule is COc1cc(/C=C2\CCCN(C3CCc4cc(N5CCOCC5)ccc43)C2=O)ccc1-n1cnc(C)c1.COc1cc(/C=C2\CCCN([C@H]3CCc4cc(N5CCOCC5)ccc43)C2=O)ccc1-n1cnc(C)c1. The van der Waals surface area contributed by atoms with Crippen LogP contribution in [0.4, 0.5) is 11.4 Å². The summed E-state index contributed by atoms with van der Waals surface area (Å²) < 4.78 is 26.3. The van der Waals surface area contributed by atoms with Gasteiger partial charge in [0.25, 0.3) is 0 Å². The number of imidazole rings is 2. The molecule has 2 aromatic heterocycles. The third-order valence-corrected chi connectivity index (χ3v) is 15.7. The zero-order chi connectivity index (χ0) is 50.7. The van der Waals surface area contributed by atoms with Crippen LogP contribution in [0.1, 0.15) is 95.4 Å². The molecule has 74 heavy (non-hydrogen) atoms. The largest absolute Gasteiger partial charge is 0.495 e. The van der Waals surface area contributed by atoms with E-state index in [1.54, 1.807) is 26.9 Å². The number of amides is 2. The van der Waals surface area contributed by atoms with Crippen molar-refractivity contribution in [2.24, 2.45) is 0 Å². The molecule has 14 heteroatoms. The van der Waals surface area contributed by atoms with Gasteiger partial charge in [-0.2, -0.15) is 0 Å². The molecule has 1 unspecified atom stereocenters. The Hall–Kier alpha value is -7.16. The Morgan fingerprint density at radius 2 is 0.973 bits per heavy atom. The van der Waals surface area contributed by atoms with E-state index in [-0.39, 0.29) is 23.9 Å². The summed E-state index contributed by atoms with van der Waals surface area (Å²) in [5.74, 6) is 1.84. The lowest BCUT2D eigenvalue weighted by atomic mass is 9.97. The molecule has 384 valence electrons. The highest BCUT2D eigenvalue weighted by Gasteiger charge is 2.36. The average Bonchev–Trinajstić information content (AvgIpc) is 4.28. The summed E-state index contributed by atoms with van der Waals surface area (Å²) in [4.78, 5) is 45.0. The Bertz CT molecular complexity index is 2880. The lowest BCUT2D eigenvalue weighted by Gasteiger charge is -2.34. The minimum Gasteiger partial charge on any atom is -0.495 e. The van der Waals surface area contributed by atoms with E-state index in [9.17, 15) is 9.59 Å². The van der Waals surface area contributed by atoms with Gasteiger partial charge in [0.1, 0.15) is 11.5 Å². The van der Waals surface area contributed by atoms with Gasteiger partial charge in [0.15, 0.2) is 0 Å². The summed E-state index contributed by atoms with van der Waals surface area (Å²) in [6, 6.07) is 26.1. The van der Waals surface area contributed by atoms with Crippen LogP contribution in [0.2, 0.25) is 0 Å². The molecular formula is C60H68N8O6. The van der Waals surface area contributed by atoms with E-state index >= 15 is 0 Å². The van der Waals surface area contributed by atoms with Crippen LogP contribution < -0.4 is 19.3 Å². The van der Waals surface area contributed by atoms with Crippen LogP contribution in [-0.4, -0.2) is 121 Å². The summed E-state index contributed by atoms with van der Waals surface area (Å²) in [5.41, 5.74) is 15.4. The molecule has 0 bridgehead atoms. The lowest BCUT2D eigenvalue weighted by molar-refractivity contribution is -0.131. The molecule has 6 aliphatic rings. The molecule has 4 aliphatic heterocycles. The third-order valence-electron chi connectivity index (χ3n) is 15.7. The average molecular weight is 997 g/mol. The van der Waals surface area contributed by atoms with Crippen molar-refractivity contribution in [1.29, 1.82) is 0 Å². The Morgan fingerprint density at radius 1 is 0.541 bits per heavy atom. The van der Waals surface area contributed by atoms with Crippen molar-refractivity contribution < 1.29 is 28.5 Å². The van der Waals surface area contributed by atoms with Crippen molar-refractivity contribution in [3.05, 3.63) is 154 Å². The lowest BCUT2D eigenvalue weighted by Crippen LogP contribution is -2.39. The monoisotopic (exact) mass is 997 g/mol. The molecule has 0 saturated carbocycles. The quantitative estimate of drug-likeness (QED) is 0.123. The van der Waals surface area contributed by atoms with Crippen molar-refractivity contribution in [2.75, 3.05) is 89.7 Å². The van der Waals surface area contributed by atoms with Crippen molar-refractivity contribution in [3.63, 3.8) is 0 Å². The molecule has 0 spiro atoms. The maximum Gasteiger partial charge on any atom is 0.250 e. The van der Waals surface area contributed by atoms with Crippen LogP contribution in [0.15, 0.2) is 109 Å². The van der Waals surface area contributed by atoms with Gasteiger partial charge in [-0.05, 0) is 159 Å². The second-order valence-corrected chi connectivity index (χ2v) is 20.3. The highest BCUT2D eigenvalue weighted by atomic mass is 16.5. The molecule has 4 saturated heterocycles. The normalized spacial score (nSPS) is 21.0. The summed E-state index contributed by atoms with van der Waals surface area (Å²) in [5, 5.41) is 0. The fraction of sp³-hybridized carbons (Fsp3) is 0.400. The number of benzene rings is 4. The number of fused-ring (bicyclic) bond motifs is 2. The fourth-order valence-electron chi connectivity index (χ4n) is 11.9. The number of hydrogen-bond donors (Lipinski definition) is 0. The number of methoxy groups -OCH3 is 2. The van der Waals surface area contributed by atoms with Gasteiger partial charge >= 0.3 is 0 Å². The first-order valence-corrected chi connectivity index (χ1v) is 26.5. The van der Waals surface area contributed by atoms with Gasteiger partial charge < -0.3 is 47.7 Å². The molecule has 6 aromatic rings. The number of anilines is 2. The van der Waals surface area contributed by atoms with Gasteiger partial charge in [-0.25, -0.2) is 9.97 Å². The van der Waals surface area contributed by atoms with Gasteiger partial charge in [-0.3, -0.25) is 9.59 Å². The molecule has 12 rings (SSSR count). The molecule has 6 heterocycles. The number of ether oxygens (including phenoxy) is 4. The zero-order valence-corrected chi connectivity index (χ0v) is 43.3. The molecule has 0 radical (unpaired) electrons. The number of aromatic nitrogens is 4. The third kappa shape index (κ3) is 10.2. The second kappa shape index (κ2) is 21.7. The number of likely N-dealkylation sites (tertiary alicyclic amines) is 2. The smallest absolute Gasteiger partial charge is 0.250 e. The number of hydrogen-bond acceptors (Lipinski definition) is 10. The Morgan fingerprint density at radius 3 is 1.36 bits per heavy atom. The number of carbonyl (C=O) groups is 2. The van der Waals surface area contributed by atoms with E-state index in [1.807, 2.05) is 83.9 Å². The Labute approximate surface area is 434 Å². The molecule has 0 N–H and O–H groups in total. The molecule has 2 amide bonds. The maximum atomic E-state index is 13.7. The van der Waals surface area contributed by atoms with Crippen LogP contribution >= 0.6 is 0 Å². The molecule has 2 aliphatic carbocycles. The number of piperidine rings is 2. The van der Waals surface area contributed by atoms with Crippen LogP contribution in [0.25, 0.3) is 23.5 Å². The van der Waals surface area contributed by atoms with Crippen molar-refractivity contribution in [1.82, 2.24) is 28.9 Å². The van der Waals surface area contributed by atoms with E-state index in [0.29, 0.717) is 0 Å². The van der Waals surface area contributed by atoms with Crippen LogP contribution in [0.5, 0.6) is 11.5 Å². The standard InChI is InChI=1S/2C30H34N4O3/c2*1-21-19-33(20-31-21)28-9-5-22(17-29(28)36-2)16-24-4-3-11-34(30(24)35)27-10-6-23-18-25(7-8-26(23)27)32-12-14-37-15-13-32/h2*5,7-9,16-20,27H,3-4,6,10-15H2,1-2H3/b2*24-16+/t27-;/m0./s1. The van der Waals surface area contributed by atoms with Gasteiger partial charge in [-0.15, -0.1) is 0 Å². The minimum absolute atomic E-state index is 0.159. The van der Waals surface area contributed by atoms with Crippen molar-refractivity contribution in [2.45, 2.75) is 77.3 Å². The number of rotatable bonds is 10. The Balaban J connectivity index is 0.000000159. The molecule has 4 fully saturated rings. The van der Waals surface area contributed by atoms with E-state index in [1.165, 1.54) is 33.6 Å². The highest BCUT2D eigenvalue weighted by molar-refractivity contribution is 5.99. The Kier molecular flexibility index (Phi) is 14.4. The molecule has 4 aromatic carbocycles. The number of carbonyl (C=O) groups excluding carboxylic acids is 2. The predicted octanol–water partition coefficient (Wildman–Crippen LogP) is 9.44. The molecule has 14 nitrogen and oxygen atoms in total. The van der Waals surface area contributed by atoms with Gasteiger partial charge in [0.2, 0.25) is 11.8 Å². The van der Waals surface area contributed by atoms with Gasteiger partial charge in [-0.1, -0.05) is 24.3 Å². The fourth-order valence-corrected chi connectivity index (χ4v) is 11.9. The highest BCUT2D eigenvalue weighted by Crippen LogP contribution is 2.42. The van der Waals surface area contributed by atoms with Crippen LogP contribution in [0, 0.1) is 13.8 Å². The van der Waals surface area contributed by atoms with E-state index in [4.69, 9.17) is 18.9 Å². The first kappa shape index (κ1) is 49.1. The van der Waals surface area contributed by atoms with E-state index in [0.717, 1.165) is 174 Å².